The number of aryl methyl sites for hydroxylation is 1. The second-order valence-corrected chi connectivity index (χ2v) is 20.7. The van der Waals surface area contributed by atoms with Crippen molar-refractivity contribution in [2.45, 2.75) is 110 Å². The average molecular weight is 971 g/mol. The largest absolute Gasteiger partial charge is 0.508 e. The van der Waals surface area contributed by atoms with Crippen molar-refractivity contribution in [1.82, 2.24) is 35.1 Å². The smallest absolute Gasteiger partial charge is 0.326 e. The van der Waals surface area contributed by atoms with Crippen LogP contribution in [0.15, 0.2) is 85.2 Å². The highest BCUT2D eigenvalue weighted by Gasteiger charge is 2.58. The van der Waals surface area contributed by atoms with Crippen molar-refractivity contribution in [2.75, 3.05) is 40.9 Å². The molecule has 4 heterocycles. The third kappa shape index (κ3) is 10.5. The van der Waals surface area contributed by atoms with E-state index in [2.05, 4.69) is 53.2 Å². The number of nitrogens with two attached hydrogens (primary N) is 1. The van der Waals surface area contributed by atoms with Gasteiger partial charge < -0.3 is 35.3 Å². The van der Waals surface area contributed by atoms with Crippen LogP contribution in [0, 0.1) is 16.2 Å². The van der Waals surface area contributed by atoms with Gasteiger partial charge in [0.25, 0.3) is 5.91 Å². The first kappa shape index (κ1) is 50.7. The number of aromatic hydroxyl groups is 1. The molecule has 8 rings (SSSR count). The van der Waals surface area contributed by atoms with Crippen molar-refractivity contribution in [3.8, 4) is 28.1 Å². The first-order chi connectivity index (χ1) is 33.8. The number of phenols is 1. The number of methoxy groups -OCH3 is 1. The first-order valence-electron chi connectivity index (χ1n) is 24.6. The molecule has 0 spiro atoms. The number of nitrogens with zero attached hydrogens (tertiary/aromatic N) is 6. The number of hydrazine groups is 1. The Balaban J connectivity index is 1.13. The lowest BCUT2D eigenvalue weighted by Crippen LogP contribution is -2.62. The molecule has 2 fully saturated rings. The molecule has 5 N–H and O–H groups in total. The summed E-state index contributed by atoms with van der Waals surface area (Å²) < 4.78 is 7.91. The molecule has 0 radical (unpaired) electrons. The van der Waals surface area contributed by atoms with Crippen molar-refractivity contribution in [1.29, 1.82) is 0 Å². The molecular weight excluding hydrogens is 903 g/mol. The maximum atomic E-state index is 14.8. The molecule has 376 valence electrons. The normalized spacial score (nSPS) is 21.5. The molecule has 5 aromatic rings. The summed E-state index contributed by atoms with van der Waals surface area (Å²) in [6.45, 7) is 10.8. The molecule has 5 atom stereocenters. The van der Waals surface area contributed by atoms with E-state index in [-0.39, 0.29) is 43.7 Å². The van der Waals surface area contributed by atoms with E-state index in [9.17, 15) is 29.2 Å². The Morgan fingerprint density at radius 2 is 1.83 bits per heavy atom. The summed E-state index contributed by atoms with van der Waals surface area (Å²) in [5, 5.41) is 16.7. The second kappa shape index (κ2) is 20.6. The monoisotopic (exact) mass is 971 g/mol. The molecule has 3 aliphatic rings. The number of amides is 4. The standard InChI is InChI=1S/C54H67N9O8/c1-9-61-45-18-17-36-26-40(45)41(49(61)42-29-56-20-19-37(42)31-70-8)27-53(4,5)32-71-63(69)46-16-13-21-62(58-46)51(67)44(24-34-22-38(36)25-39(64)23-34)57-50(66)48(33(2)3)60(7)47(65)30-59(6)52(68)54(55)28-43(54)35-14-11-10-12-15-35/h10-12,14-15,17-20,22-23,25-26,29,33,43-44,46,48,58H,9,13,16,21,24,27-28,30-32,55H2,1-8H3,(H-,57,64,66)/p+1/t43-,44-,46+,48-,54?/m0/s1. The van der Waals surface area contributed by atoms with Crippen molar-refractivity contribution in [3.63, 3.8) is 0 Å². The zero-order valence-electron chi connectivity index (χ0n) is 42.1. The lowest BCUT2D eigenvalue weighted by molar-refractivity contribution is -0.835. The van der Waals surface area contributed by atoms with Gasteiger partial charge in [-0.05, 0) is 95.8 Å². The summed E-state index contributed by atoms with van der Waals surface area (Å²) in [6.07, 6.45) is 4.49. The number of phenolic OH excluding ortho intramolecular Hbond substituents is 1. The van der Waals surface area contributed by atoms with Crippen LogP contribution in [0.3, 0.4) is 0 Å². The van der Waals surface area contributed by atoms with E-state index in [0.717, 1.165) is 44.4 Å². The highest BCUT2D eigenvalue weighted by atomic mass is 16.8. The van der Waals surface area contributed by atoms with Crippen LogP contribution in [-0.4, -0.2) is 123 Å². The van der Waals surface area contributed by atoms with Crippen LogP contribution in [-0.2, 0) is 54.7 Å². The molecule has 1 saturated heterocycles. The van der Waals surface area contributed by atoms with Crippen molar-refractivity contribution >= 4 is 34.5 Å². The maximum Gasteiger partial charge on any atom is 0.326 e. The van der Waals surface area contributed by atoms with Gasteiger partial charge in [-0.1, -0.05) is 70.2 Å². The van der Waals surface area contributed by atoms with E-state index in [0.29, 0.717) is 54.9 Å². The van der Waals surface area contributed by atoms with Crippen molar-refractivity contribution in [2.24, 2.45) is 17.1 Å². The van der Waals surface area contributed by atoms with E-state index in [4.69, 9.17) is 15.3 Å². The minimum atomic E-state index is -1.21. The van der Waals surface area contributed by atoms with E-state index >= 15 is 0 Å². The Morgan fingerprint density at radius 1 is 1.07 bits per heavy atom. The maximum absolute atomic E-state index is 14.8. The molecule has 2 aromatic heterocycles. The molecule has 2 aliphatic heterocycles. The fraction of sp³-hybridized carbons (Fsp3) is 0.463. The van der Waals surface area contributed by atoms with Gasteiger partial charge in [0.1, 0.15) is 23.4 Å². The number of hydrogen-bond acceptors (Lipinski definition) is 11. The number of ether oxygens (including phenoxy) is 1. The van der Waals surface area contributed by atoms with Crippen LogP contribution in [0.4, 0.5) is 0 Å². The van der Waals surface area contributed by atoms with Gasteiger partial charge in [0, 0.05) is 87.3 Å². The number of hydrogen-bond donors (Lipinski definition) is 4. The number of likely N-dealkylation sites (N-methyl/N-ethyl adjacent to an activating group) is 2. The van der Waals surface area contributed by atoms with Gasteiger partial charge in [-0.25, -0.2) is 4.84 Å². The number of pyridine rings is 1. The van der Waals surface area contributed by atoms with Crippen LogP contribution >= 0.6 is 0 Å². The lowest BCUT2D eigenvalue weighted by Gasteiger charge is -2.35. The zero-order chi connectivity index (χ0) is 50.9. The van der Waals surface area contributed by atoms with Crippen LogP contribution in [0.25, 0.3) is 33.3 Å². The van der Waals surface area contributed by atoms with E-state index < -0.39 is 52.8 Å². The van der Waals surface area contributed by atoms with Gasteiger partial charge in [0.15, 0.2) is 6.61 Å². The first-order valence-corrected chi connectivity index (χ1v) is 24.6. The van der Waals surface area contributed by atoms with Crippen LogP contribution in [0.2, 0.25) is 0 Å². The molecule has 71 heavy (non-hydrogen) atoms. The lowest BCUT2D eigenvalue weighted by atomic mass is 9.84. The quantitative estimate of drug-likeness (QED) is 0.117. The van der Waals surface area contributed by atoms with Crippen LogP contribution < -0.4 is 16.5 Å². The molecule has 3 aromatic carbocycles. The van der Waals surface area contributed by atoms with E-state index in [1.165, 1.54) is 28.9 Å². The number of rotatable bonds is 12. The predicted molar refractivity (Wildman–Crippen MR) is 269 cm³/mol. The molecule has 17 heteroatoms. The summed E-state index contributed by atoms with van der Waals surface area (Å²) in [7, 11) is 4.71. The molecule has 1 unspecified atom stereocenters. The van der Waals surface area contributed by atoms with Gasteiger partial charge in [-0.2, -0.15) is 5.43 Å². The van der Waals surface area contributed by atoms with Crippen molar-refractivity contribution < 1.29 is 38.8 Å². The molecule has 4 amide bonds. The fourth-order valence-electron chi connectivity index (χ4n) is 10.6. The van der Waals surface area contributed by atoms with Crippen LogP contribution in [0.1, 0.15) is 82.1 Å². The summed E-state index contributed by atoms with van der Waals surface area (Å²) in [4.78, 5) is 84.6. The van der Waals surface area contributed by atoms with E-state index in [1.807, 2.05) is 54.7 Å². The Hall–Kier alpha value is -6.69. The van der Waals surface area contributed by atoms with E-state index in [1.54, 1.807) is 39.3 Å². The summed E-state index contributed by atoms with van der Waals surface area (Å²) in [6, 6.07) is 20.6. The van der Waals surface area contributed by atoms with Crippen molar-refractivity contribution in [3.05, 3.63) is 112 Å². The predicted octanol–water partition coefficient (Wildman–Crippen LogP) is 5.84. The number of fused-ring (bicyclic) bond motifs is 6. The Labute approximate surface area is 415 Å². The number of benzene rings is 3. The summed E-state index contributed by atoms with van der Waals surface area (Å²) in [5.41, 5.74) is 15.9. The molecule has 17 nitrogen and oxygen atoms in total. The minimum Gasteiger partial charge on any atom is -0.508 e. The number of nitrogens with one attached hydrogen (secondary N) is 2. The molecular formula is C54H68N9O8+. The molecule has 6 bridgehead atoms. The number of carbonyl (C=O) groups excluding carboxylic acids is 4. The Morgan fingerprint density at radius 3 is 2.55 bits per heavy atom. The third-order valence-corrected chi connectivity index (χ3v) is 14.3. The Bertz CT molecular complexity index is 2830. The van der Waals surface area contributed by atoms with Crippen LogP contribution in [0.5, 0.6) is 5.75 Å². The van der Waals surface area contributed by atoms with Gasteiger partial charge in [0.05, 0.1) is 23.8 Å². The molecule has 1 saturated carbocycles. The minimum absolute atomic E-state index is 0.0304. The van der Waals surface area contributed by atoms with Gasteiger partial charge in [-0.15, -0.1) is 0 Å². The summed E-state index contributed by atoms with van der Waals surface area (Å²) in [5.74, 6) is -2.57. The third-order valence-electron chi connectivity index (χ3n) is 14.3. The fourth-order valence-corrected chi connectivity index (χ4v) is 10.6. The van der Waals surface area contributed by atoms with Gasteiger partial charge >= 0.3 is 6.17 Å². The van der Waals surface area contributed by atoms with Gasteiger partial charge in [-0.3, -0.25) is 29.2 Å². The Kier molecular flexibility index (Phi) is 14.7. The van der Waals surface area contributed by atoms with Gasteiger partial charge in [0.2, 0.25) is 22.6 Å². The topological polar surface area (TPSA) is 205 Å². The molecule has 1 aliphatic carbocycles. The second-order valence-electron chi connectivity index (χ2n) is 20.7. The highest BCUT2D eigenvalue weighted by molar-refractivity contribution is 5.97. The number of aromatic nitrogens is 2. The summed E-state index contributed by atoms with van der Waals surface area (Å²) >= 11 is 0. The highest BCUT2D eigenvalue weighted by Crippen LogP contribution is 2.50. The number of carbonyl (C=O) groups is 4. The zero-order valence-corrected chi connectivity index (χ0v) is 42.1. The SMILES string of the molecule is CCn1c(-c2cnccc2COC)c2c3cc(ccc31)-c1cc(O)cc(c1)C[C@H](NC(=O)[C@H](C(C)C)N(C)C(=O)CN(C)C(=O)C1(N)C[C@H]1c1ccccc1)C(=O)N1CCC[C@H](N1)[N+](=O)OCC(C)(C)C2. The average Bonchev–Trinajstić information content (AvgIpc) is 3.96.